The van der Waals surface area contributed by atoms with Gasteiger partial charge in [-0.25, -0.2) is 4.98 Å². The summed E-state index contributed by atoms with van der Waals surface area (Å²) in [5.74, 6) is 0.0844. The van der Waals surface area contributed by atoms with Gasteiger partial charge in [0, 0.05) is 6.20 Å². The SMILES string of the molecule is C=CC(=O)Nc1ccc(C#N)cn1. The van der Waals surface area contributed by atoms with Gasteiger partial charge in [0.1, 0.15) is 11.9 Å². The van der Waals surface area contributed by atoms with E-state index in [1.54, 1.807) is 12.1 Å². The van der Waals surface area contributed by atoms with Crippen LogP contribution in [0.3, 0.4) is 0 Å². The number of carbonyl (C=O) groups is 1. The summed E-state index contributed by atoms with van der Waals surface area (Å²) < 4.78 is 0. The van der Waals surface area contributed by atoms with Crippen LogP contribution >= 0.6 is 0 Å². The van der Waals surface area contributed by atoms with E-state index in [9.17, 15) is 4.79 Å². The van der Waals surface area contributed by atoms with Gasteiger partial charge in [0.25, 0.3) is 0 Å². The second kappa shape index (κ2) is 4.02. The first kappa shape index (κ1) is 8.94. The molecule has 0 radical (unpaired) electrons. The third kappa shape index (κ3) is 2.42. The molecule has 1 heterocycles. The maximum absolute atomic E-state index is 10.8. The van der Waals surface area contributed by atoms with Crippen LogP contribution < -0.4 is 5.32 Å². The van der Waals surface area contributed by atoms with Crippen LogP contribution in [0.2, 0.25) is 0 Å². The van der Waals surface area contributed by atoms with Crippen molar-refractivity contribution in [1.82, 2.24) is 4.98 Å². The van der Waals surface area contributed by atoms with Gasteiger partial charge in [-0.2, -0.15) is 5.26 Å². The smallest absolute Gasteiger partial charge is 0.248 e. The van der Waals surface area contributed by atoms with Crippen LogP contribution in [0, 0.1) is 11.3 Å². The van der Waals surface area contributed by atoms with Crippen molar-refractivity contribution in [2.24, 2.45) is 0 Å². The van der Waals surface area contributed by atoms with Crippen LogP contribution in [0.5, 0.6) is 0 Å². The summed E-state index contributed by atoms with van der Waals surface area (Å²) in [6, 6.07) is 5.06. The second-order valence-corrected chi connectivity index (χ2v) is 2.24. The molecule has 1 aromatic rings. The van der Waals surface area contributed by atoms with Gasteiger partial charge >= 0.3 is 0 Å². The minimum atomic E-state index is -0.322. The predicted molar refractivity (Wildman–Crippen MR) is 47.8 cm³/mol. The number of rotatable bonds is 2. The maximum Gasteiger partial charge on any atom is 0.248 e. The van der Waals surface area contributed by atoms with Gasteiger partial charge in [-0.1, -0.05) is 6.58 Å². The van der Waals surface area contributed by atoms with Gasteiger partial charge in [-0.05, 0) is 18.2 Å². The van der Waals surface area contributed by atoms with E-state index in [1.807, 2.05) is 6.07 Å². The number of aromatic nitrogens is 1. The van der Waals surface area contributed by atoms with Crippen molar-refractivity contribution in [3.8, 4) is 6.07 Å². The number of amides is 1. The molecule has 4 nitrogen and oxygen atoms in total. The summed E-state index contributed by atoms with van der Waals surface area (Å²) in [6.45, 7) is 3.30. The number of hydrogen-bond acceptors (Lipinski definition) is 3. The van der Waals surface area contributed by atoms with Crippen LogP contribution in [0.25, 0.3) is 0 Å². The Morgan fingerprint density at radius 3 is 2.92 bits per heavy atom. The zero-order chi connectivity index (χ0) is 9.68. The van der Waals surface area contributed by atoms with Crippen LogP contribution in [-0.4, -0.2) is 10.9 Å². The quantitative estimate of drug-likeness (QED) is 0.680. The summed E-state index contributed by atoms with van der Waals surface area (Å²) >= 11 is 0. The first-order chi connectivity index (χ1) is 6.26. The Balaban J connectivity index is 2.76. The lowest BCUT2D eigenvalue weighted by molar-refractivity contribution is -0.111. The van der Waals surface area contributed by atoms with Gasteiger partial charge in [-0.15, -0.1) is 0 Å². The van der Waals surface area contributed by atoms with Crippen molar-refractivity contribution in [2.75, 3.05) is 5.32 Å². The Morgan fingerprint density at radius 1 is 1.69 bits per heavy atom. The normalized spacial score (nSPS) is 8.54. The van der Waals surface area contributed by atoms with Gasteiger partial charge in [0.2, 0.25) is 5.91 Å². The molecular formula is C9H7N3O. The highest BCUT2D eigenvalue weighted by atomic mass is 16.1. The van der Waals surface area contributed by atoms with E-state index in [-0.39, 0.29) is 5.91 Å². The third-order valence-corrected chi connectivity index (χ3v) is 1.33. The first-order valence-electron chi connectivity index (χ1n) is 3.56. The van der Waals surface area contributed by atoms with Crippen molar-refractivity contribution < 1.29 is 4.79 Å². The fourth-order valence-electron chi connectivity index (χ4n) is 0.711. The summed E-state index contributed by atoms with van der Waals surface area (Å²) in [6.07, 6.45) is 2.54. The lowest BCUT2D eigenvalue weighted by Crippen LogP contribution is -2.08. The minimum absolute atomic E-state index is 0.322. The highest BCUT2D eigenvalue weighted by molar-refractivity contribution is 5.98. The molecule has 13 heavy (non-hydrogen) atoms. The largest absolute Gasteiger partial charge is 0.307 e. The molecule has 0 atom stereocenters. The maximum atomic E-state index is 10.8. The molecule has 0 spiro atoms. The molecule has 1 rings (SSSR count). The molecule has 0 unspecified atom stereocenters. The van der Waals surface area contributed by atoms with Gasteiger partial charge in [0.15, 0.2) is 0 Å². The molecule has 0 bridgehead atoms. The average molecular weight is 173 g/mol. The zero-order valence-electron chi connectivity index (χ0n) is 6.82. The van der Waals surface area contributed by atoms with Crippen molar-refractivity contribution in [2.45, 2.75) is 0 Å². The number of pyridine rings is 1. The summed E-state index contributed by atoms with van der Waals surface area (Å²) in [5, 5.41) is 10.9. The molecule has 0 saturated heterocycles. The molecule has 0 aliphatic carbocycles. The number of nitriles is 1. The number of anilines is 1. The van der Waals surface area contributed by atoms with E-state index < -0.39 is 0 Å². The fourth-order valence-corrected chi connectivity index (χ4v) is 0.711. The molecule has 1 aromatic heterocycles. The van der Waals surface area contributed by atoms with Crippen LogP contribution in [0.4, 0.5) is 5.82 Å². The Hall–Kier alpha value is -2.15. The number of hydrogen-bond donors (Lipinski definition) is 1. The number of carbonyl (C=O) groups excluding carboxylic acids is 1. The summed E-state index contributed by atoms with van der Waals surface area (Å²) in [7, 11) is 0. The van der Waals surface area contributed by atoms with E-state index in [0.717, 1.165) is 6.08 Å². The fraction of sp³-hybridized carbons (Fsp3) is 0. The molecule has 64 valence electrons. The Kier molecular flexibility index (Phi) is 2.77. The van der Waals surface area contributed by atoms with Gasteiger partial charge in [-0.3, -0.25) is 4.79 Å². The third-order valence-electron chi connectivity index (χ3n) is 1.33. The van der Waals surface area contributed by atoms with Crippen molar-refractivity contribution in [3.63, 3.8) is 0 Å². The molecule has 0 aliphatic heterocycles. The van der Waals surface area contributed by atoms with Crippen molar-refractivity contribution in [1.29, 1.82) is 5.26 Å². The van der Waals surface area contributed by atoms with Crippen LogP contribution in [0.15, 0.2) is 31.0 Å². The van der Waals surface area contributed by atoms with E-state index in [0.29, 0.717) is 11.4 Å². The summed E-state index contributed by atoms with van der Waals surface area (Å²) in [4.78, 5) is 14.6. The van der Waals surface area contributed by atoms with Gasteiger partial charge < -0.3 is 5.32 Å². The van der Waals surface area contributed by atoms with Crippen LogP contribution in [0.1, 0.15) is 5.56 Å². The first-order valence-corrected chi connectivity index (χ1v) is 3.56. The molecule has 0 aromatic carbocycles. The standard InChI is InChI=1S/C9H7N3O/c1-2-9(13)12-8-4-3-7(5-10)6-11-8/h2-4,6H,1H2,(H,11,12,13). The highest BCUT2D eigenvalue weighted by Crippen LogP contribution is 2.03. The van der Waals surface area contributed by atoms with Crippen molar-refractivity contribution in [3.05, 3.63) is 36.5 Å². The molecule has 0 saturated carbocycles. The van der Waals surface area contributed by atoms with E-state index in [4.69, 9.17) is 5.26 Å². The van der Waals surface area contributed by atoms with Crippen molar-refractivity contribution >= 4 is 11.7 Å². The number of nitrogens with zero attached hydrogens (tertiary/aromatic N) is 2. The van der Waals surface area contributed by atoms with E-state index in [2.05, 4.69) is 16.9 Å². The highest BCUT2D eigenvalue weighted by Gasteiger charge is 1.97. The van der Waals surface area contributed by atoms with Crippen LogP contribution in [-0.2, 0) is 4.79 Å². The molecule has 0 aliphatic rings. The number of nitrogens with one attached hydrogen (secondary N) is 1. The Morgan fingerprint density at radius 2 is 2.46 bits per heavy atom. The Labute approximate surface area is 75.5 Å². The molecule has 1 amide bonds. The van der Waals surface area contributed by atoms with Gasteiger partial charge in [0.05, 0.1) is 5.56 Å². The topological polar surface area (TPSA) is 65.8 Å². The monoisotopic (exact) mass is 173 g/mol. The van der Waals surface area contributed by atoms with E-state index in [1.165, 1.54) is 6.20 Å². The Bertz CT molecular complexity index is 361. The lowest BCUT2D eigenvalue weighted by atomic mass is 10.3. The lowest BCUT2D eigenvalue weighted by Gasteiger charge is -1.99. The second-order valence-electron chi connectivity index (χ2n) is 2.24. The molecule has 4 heteroatoms. The minimum Gasteiger partial charge on any atom is -0.307 e. The average Bonchev–Trinajstić information content (AvgIpc) is 2.19. The molecule has 1 N–H and O–H groups in total. The molecular weight excluding hydrogens is 166 g/mol. The summed E-state index contributed by atoms with van der Waals surface area (Å²) in [5.41, 5.74) is 0.455. The zero-order valence-corrected chi connectivity index (χ0v) is 6.82. The molecule has 0 fully saturated rings. The predicted octanol–water partition coefficient (Wildman–Crippen LogP) is 1.08. The van der Waals surface area contributed by atoms with E-state index >= 15 is 0 Å².